The van der Waals surface area contributed by atoms with Crippen LogP contribution in [0.2, 0.25) is 5.02 Å². The van der Waals surface area contributed by atoms with Crippen molar-refractivity contribution < 1.29 is 13.2 Å². The monoisotopic (exact) mass is 328 g/mol. The topological polar surface area (TPSA) is 79.2 Å². The van der Waals surface area contributed by atoms with Gasteiger partial charge < -0.3 is 10.1 Å². The van der Waals surface area contributed by atoms with Gasteiger partial charge in [-0.1, -0.05) is 11.6 Å². The number of halogens is 1. The van der Waals surface area contributed by atoms with Gasteiger partial charge in [0.05, 0.1) is 16.3 Å². The Hall–Kier alpha value is -1.29. The molecule has 1 fully saturated rings. The van der Waals surface area contributed by atoms with Crippen LogP contribution in [0.15, 0.2) is 18.2 Å². The van der Waals surface area contributed by atoms with Crippen LogP contribution in [0, 0.1) is 17.2 Å². The molecule has 0 amide bonds. The number of ether oxygens (including phenoxy) is 1. The zero-order valence-electron chi connectivity index (χ0n) is 11.7. The predicted molar refractivity (Wildman–Crippen MR) is 81.3 cm³/mol. The largest absolute Gasteiger partial charge is 0.489 e. The van der Waals surface area contributed by atoms with Gasteiger partial charge in [0.1, 0.15) is 17.9 Å². The summed E-state index contributed by atoms with van der Waals surface area (Å²) < 4.78 is 29.0. The fourth-order valence-corrected chi connectivity index (χ4v) is 3.49. The van der Waals surface area contributed by atoms with E-state index in [4.69, 9.17) is 21.6 Å². The van der Waals surface area contributed by atoms with Crippen LogP contribution in [0.5, 0.6) is 5.75 Å². The van der Waals surface area contributed by atoms with Crippen LogP contribution in [0.3, 0.4) is 0 Å². The molecule has 0 aliphatic carbocycles. The van der Waals surface area contributed by atoms with Crippen molar-refractivity contribution in [1.29, 1.82) is 5.26 Å². The second-order valence-corrected chi connectivity index (χ2v) is 7.85. The van der Waals surface area contributed by atoms with Gasteiger partial charge in [0.2, 0.25) is 0 Å². The summed E-state index contributed by atoms with van der Waals surface area (Å²) in [6, 6.07) is 6.76. The highest BCUT2D eigenvalue weighted by molar-refractivity contribution is 7.90. The summed E-state index contributed by atoms with van der Waals surface area (Å²) in [7, 11) is -3.15. The third-order valence-corrected chi connectivity index (χ3v) is 4.70. The quantitative estimate of drug-likeness (QED) is 0.888. The van der Waals surface area contributed by atoms with Gasteiger partial charge in [0.25, 0.3) is 0 Å². The van der Waals surface area contributed by atoms with Crippen molar-refractivity contribution in [3.8, 4) is 11.8 Å². The smallest absolute Gasteiger partial charge is 0.151 e. The molecule has 1 unspecified atom stereocenters. The Kier molecular flexibility index (Phi) is 5.09. The van der Waals surface area contributed by atoms with Gasteiger partial charge in [-0.15, -0.1) is 0 Å². The molecule has 0 bridgehead atoms. The average Bonchev–Trinajstić information content (AvgIpc) is 2.92. The average molecular weight is 329 g/mol. The summed E-state index contributed by atoms with van der Waals surface area (Å²) in [5, 5.41) is 12.5. The van der Waals surface area contributed by atoms with E-state index in [0.29, 0.717) is 16.3 Å². The summed E-state index contributed by atoms with van der Waals surface area (Å²) >= 11 is 5.88. The summed E-state index contributed by atoms with van der Waals surface area (Å²) in [6.07, 6.45) is 1.65. The molecule has 1 heterocycles. The molecule has 0 spiro atoms. The molecule has 114 valence electrons. The van der Waals surface area contributed by atoms with E-state index in [1.54, 1.807) is 18.2 Å². The van der Waals surface area contributed by atoms with Crippen molar-refractivity contribution in [2.24, 2.45) is 5.92 Å². The van der Waals surface area contributed by atoms with Crippen molar-refractivity contribution in [2.75, 3.05) is 25.1 Å². The number of rotatable bonds is 5. The first kappa shape index (κ1) is 16.1. The Balaban J connectivity index is 2.20. The molecule has 1 saturated heterocycles. The van der Waals surface area contributed by atoms with E-state index in [1.807, 2.05) is 6.07 Å². The number of benzene rings is 1. The molecule has 1 aromatic carbocycles. The van der Waals surface area contributed by atoms with E-state index >= 15 is 0 Å². The zero-order chi connectivity index (χ0) is 15.5. The first-order valence-corrected chi connectivity index (χ1v) is 9.07. The molecule has 21 heavy (non-hydrogen) atoms. The Labute approximate surface area is 129 Å². The number of nitriles is 1. The second-order valence-electron chi connectivity index (χ2n) is 5.26. The first-order valence-electron chi connectivity index (χ1n) is 6.64. The molecule has 1 aromatic rings. The van der Waals surface area contributed by atoms with Gasteiger partial charge in [-0.3, -0.25) is 0 Å². The maximum atomic E-state index is 11.6. The standard InChI is InChI=1S/C14H17ClN2O3S/c1-21(18,19)9-14(10-4-5-17-8-10)20-12-2-3-13(15)11(6-12)7-16/h2-3,6,10,14,17H,4-5,8-9H2,1H3/t10?,14-/m1/s1. The predicted octanol–water partition coefficient (Wildman–Crippen LogP) is 1.61. The van der Waals surface area contributed by atoms with Crippen molar-refractivity contribution >= 4 is 21.4 Å². The highest BCUT2D eigenvalue weighted by Crippen LogP contribution is 2.25. The van der Waals surface area contributed by atoms with E-state index in [-0.39, 0.29) is 11.7 Å². The SMILES string of the molecule is CS(=O)(=O)C[C@@H](Oc1ccc(Cl)c(C#N)c1)C1CCNC1. The molecule has 2 rings (SSSR count). The van der Waals surface area contributed by atoms with E-state index in [2.05, 4.69) is 5.32 Å². The summed E-state index contributed by atoms with van der Waals surface area (Å²) in [5.41, 5.74) is 0.316. The third kappa shape index (κ3) is 4.60. The highest BCUT2D eigenvalue weighted by atomic mass is 35.5. The van der Waals surface area contributed by atoms with E-state index in [9.17, 15) is 8.42 Å². The fourth-order valence-electron chi connectivity index (χ4n) is 2.40. The molecule has 0 aromatic heterocycles. The minimum atomic E-state index is -3.15. The highest BCUT2D eigenvalue weighted by Gasteiger charge is 2.29. The third-order valence-electron chi connectivity index (χ3n) is 3.44. The Morgan fingerprint density at radius 2 is 2.33 bits per heavy atom. The number of nitrogens with zero attached hydrogens (tertiary/aromatic N) is 1. The van der Waals surface area contributed by atoms with E-state index in [1.165, 1.54) is 6.26 Å². The first-order chi connectivity index (χ1) is 9.89. The molecular formula is C14H17ClN2O3S. The molecule has 1 N–H and O–H groups in total. The molecule has 7 heteroatoms. The maximum Gasteiger partial charge on any atom is 0.151 e. The van der Waals surface area contributed by atoms with Crippen molar-refractivity contribution in [1.82, 2.24) is 5.32 Å². The van der Waals surface area contributed by atoms with Crippen LogP contribution in [0.1, 0.15) is 12.0 Å². The van der Waals surface area contributed by atoms with Crippen molar-refractivity contribution in [3.05, 3.63) is 28.8 Å². The lowest BCUT2D eigenvalue weighted by atomic mass is 10.0. The summed E-state index contributed by atoms with van der Waals surface area (Å²) in [4.78, 5) is 0. The van der Waals surface area contributed by atoms with Gasteiger partial charge in [-0.25, -0.2) is 8.42 Å². The number of nitrogens with one attached hydrogen (secondary N) is 1. The minimum Gasteiger partial charge on any atom is -0.489 e. The van der Waals surface area contributed by atoms with Crippen LogP contribution < -0.4 is 10.1 Å². The second kappa shape index (κ2) is 6.65. The van der Waals surface area contributed by atoms with Crippen molar-refractivity contribution in [3.63, 3.8) is 0 Å². The minimum absolute atomic E-state index is 0.0378. The van der Waals surface area contributed by atoms with Crippen LogP contribution in [-0.4, -0.2) is 39.6 Å². The molecule has 1 aliphatic rings. The summed E-state index contributed by atoms with van der Waals surface area (Å²) in [6.45, 7) is 1.59. The lowest BCUT2D eigenvalue weighted by molar-refractivity contribution is 0.163. The van der Waals surface area contributed by atoms with E-state index < -0.39 is 15.9 Å². The number of hydrogen-bond donors (Lipinski definition) is 1. The van der Waals surface area contributed by atoms with Gasteiger partial charge in [-0.2, -0.15) is 5.26 Å². The molecule has 2 atom stereocenters. The van der Waals surface area contributed by atoms with Gasteiger partial charge in [-0.05, 0) is 31.2 Å². The number of hydrogen-bond acceptors (Lipinski definition) is 5. The lowest BCUT2D eigenvalue weighted by Crippen LogP contribution is -2.35. The molecular weight excluding hydrogens is 312 g/mol. The Morgan fingerprint density at radius 1 is 1.57 bits per heavy atom. The number of sulfone groups is 1. The van der Waals surface area contributed by atoms with Crippen LogP contribution in [0.25, 0.3) is 0 Å². The molecule has 0 saturated carbocycles. The fraction of sp³-hybridized carbons (Fsp3) is 0.500. The van der Waals surface area contributed by atoms with Gasteiger partial charge >= 0.3 is 0 Å². The molecule has 1 aliphatic heterocycles. The lowest BCUT2D eigenvalue weighted by Gasteiger charge is -2.23. The van der Waals surface area contributed by atoms with Crippen molar-refractivity contribution in [2.45, 2.75) is 12.5 Å². The Morgan fingerprint density at radius 3 is 2.90 bits per heavy atom. The van der Waals surface area contributed by atoms with Crippen LogP contribution >= 0.6 is 11.6 Å². The van der Waals surface area contributed by atoms with Gasteiger partial charge in [0.15, 0.2) is 9.84 Å². The van der Waals surface area contributed by atoms with Gasteiger partial charge in [0, 0.05) is 18.7 Å². The normalized spacial score (nSPS) is 20.0. The maximum absolute atomic E-state index is 11.6. The van der Waals surface area contributed by atoms with Crippen LogP contribution in [0.4, 0.5) is 0 Å². The zero-order valence-corrected chi connectivity index (χ0v) is 13.2. The van der Waals surface area contributed by atoms with E-state index in [0.717, 1.165) is 19.5 Å². The Bertz CT molecular complexity index is 649. The summed E-state index contributed by atoms with van der Waals surface area (Å²) in [5.74, 6) is 0.571. The molecule has 5 nitrogen and oxygen atoms in total. The molecule has 0 radical (unpaired) electrons. The van der Waals surface area contributed by atoms with Crippen LogP contribution in [-0.2, 0) is 9.84 Å².